The molecule has 0 bridgehead atoms. The monoisotopic (exact) mass is 267 g/mol. The number of halogens is 1. The molecule has 0 aliphatic rings. The van der Waals surface area contributed by atoms with Gasteiger partial charge in [-0.1, -0.05) is 12.1 Å². The Hall–Kier alpha value is -2.35. The zero-order chi connectivity index (χ0) is 14.0. The number of hydrogen-bond donors (Lipinski definition) is 1. The minimum atomic E-state index is -0.926. The van der Waals surface area contributed by atoms with Crippen LogP contribution < -0.4 is 0 Å². The Kier molecular flexibility index (Phi) is 3.52. The summed E-state index contributed by atoms with van der Waals surface area (Å²) < 4.78 is 18.0. The molecule has 0 aliphatic heterocycles. The van der Waals surface area contributed by atoms with Crippen molar-refractivity contribution in [3.8, 4) is 11.5 Å². The van der Waals surface area contributed by atoms with Gasteiger partial charge in [0.25, 0.3) is 11.6 Å². The Bertz CT molecular complexity index is 614. The molecule has 100 valence electrons. The molecule has 19 heavy (non-hydrogen) atoms. The maximum Gasteiger partial charge on any atom is 0.282 e. The average Bonchev–Trinajstić information content (AvgIpc) is 2.86. The lowest BCUT2D eigenvalue weighted by molar-refractivity contribution is -0.384. The Labute approximate surface area is 106 Å². The van der Waals surface area contributed by atoms with E-state index < -0.39 is 16.8 Å². The fourth-order valence-electron chi connectivity index (χ4n) is 1.50. The van der Waals surface area contributed by atoms with E-state index in [1.165, 1.54) is 0 Å². The second-order valence-corrected chi connectivity index (χ2v) is 3.80. The molecule has 1 atom stereocenters. The van der Waals surface area contributed by atoms with Crippen LogP contribution in [0.15, 0.2) is 22.7 Å². The molecular formula is C11H10FN3O4. The third kappa shape index (κ3) is 2.58. The molecule has 0 amide bonds. The highest BCUT2D eigenvalue weighted by Crippen LogP contribution is 2.30. The van der Waals surface area contributed by atoms with Crippen molar-refractivity contribution < 1.29 is 18.9 Å². The fourth-order valence-corrected chi connectivity index (χ4v) is 1.50. The molecule has 0 spiro atoms. The van der Waals surface area contributed by atoms with Gasteiger partial charge in [-0.15, -0.1) is 0 Å². The number of hydrogen-bond acceptors (Lipinski definition) is 6. The lowest BCUT2D eigenvalue weighted by Crippen LogP contribution is -1.98. The van der Waals surface area contributed by atoms with Crippen molar-refractivity contribution in [2.75, 3.05) is 0 Å². The minimum absolute atomic E-state index is 0.0102. The van der Waals surface area contributed by atoms with E-state index in [0.29, 0.717) is 6.42 Å². The van der Waals surface area contributed by atoms with Crippen LogP contribution in [-0.2, 0) is 0 Å². The summed E-state index contributed by atoms with van der Waals surface area (Å²) in [6, 6.07) is 2.93. The highest BCUT2D eigenvalue weighted by Gasteiger charge is 2.22. The molecule has 1 aromatic carbocycles. The highest BCUT2D eigenvalue weighted by molar-refractivity contribution is 5.66. The van der Waals surface area contributed by atoms with Crippen LogP contribution in [0.2, 0.25) is 0 Å². The average molecular weight is 267 g/mol. The van der Waals surface area contributed by atoms with Crippen LogP contribution >= 0.6 is 0 Å². The first-order chi connectivity index (χ1) is 9.02. The largest absolute Gasteiger partial charge is 0.385 e. The summed E-state index contributed by atoms with van der Waals surface area (Å²) in [7, 11) is 0. The Morgan fingerprint density at radius 3 is 2.95 bits per heavy atom. The maximum absolute atomic E-state index is 13.2. The molecule has 8 heteroatoms. The van der Waals surface area contributed by atoms with Crippen molar-refractivity contribution in [2.45, 2.75) is 19.4 Å². The first-order valence-electron chi connectivity index (χ1n) is 5.49. The lowest BCUT2D eigenvalue weighted by Gasteiger charge is -1.99. The number of aromatic nitrogens is 2. The van der Waals surface area contributed by atoms with Crippen molar-refractivity contribution in [3.05, 3.63) is 40.0 Å². The van der Waals surface area contributed by atoms with E-state index in [9.17, 15) is 19.6 Å². The van der Waals surface area contributed by atoms with E-state index in [1.807, 2.05) is 0 Å². The molecule has 0 saturated carbocycles. The van der Waals surface area contributed by atoms with Gasteiger partial charge in [-0.25, -0.2) is 4.39 Å². The van der Waals surface area contributed by atoms with E-state index in [1.54, 1.807) is 6.92 Å². The topological polar surface area (TPSA) is 102 Å². The van der Waals surface area contributed by atoms with Gasteiger partial charge in [0.15, 0.2) is 0 Å². The number of nitrogens with zero attached hydrogens (tertiary/aromatic N) is 3. The van der Waals surface area contributed by atoms with Crippen LogP contribution in [0.4, 0.5) is 10.1 Å². The molecule has 0 radical (unpaired) electrons. The van der Waals surface area contributed by atoms with Crippen LogP contribution in [0.3, 0.4) is 0 Å². The number of aliphatic hydroxyl groups excluding tert-OH is 1. The van der Waals surface area contributed by atoms with E-state index in [0.717, 1.165) is 18.2 Å². The van der Waals surface area contributed by atoms with Crippen molar-refractivity contribution in [1.29, 1.82) is 0 Å². The van der Waals surface area contributed by atoms with E-state index in [-0.39, 0.29) is 23.0 Å². The van der Waals surface area contributed by atoms with Crippen LogP contribution in [0.25, 0.3) is 11.5 Å². The molecule has 7 nitrogen and oxygen atoms in total. The van der Waals surface area contributed by atoms with Gasteiger partial charge in [0.1, 0.15) is 17.5 Å². The SMILES string of the molecule is CCC(O)c1noc(-c2cc(F)ccc2[N+](=O)[O-])n1. The lowest BCUT2D eigenvalue weighted by atomic mass is 10.1. The Morgan fingerprint density at radius 2 is 2.32 bits per heavy atom. The number of nitro benzene ring substituents is 1. The van der Waals surface area contributed by atoms with E-state index in [4.69, 9.17) is 4.52 Å². The van der Waals surface area contributed by atoms with Crippen LogP contribution in [0.5, 0.6) is 0 Å². The van der Waals surface area contributed by atoms with Gasteiger partial charge in [-0.2, -0.15) is 4.98 Å². The summed E-state index contributed by atoms with van der Waals surface area (Å²) in [5.41, 5.74) is -0.463. The predicted molar refractivity (Wildman–Crippen MR) is 61.6 cm³/mol. The quantitative estimate of drug-likeness (QED) is 0.673. The summed E-state index contributed by atoms with van der Waals surface area (Å²) in [4.78, 5) is 14.0. The van der Waals surface area contributed by atoms with Crippen LogP contribution in [0, 0.1) is 15.9 Å². The second-order valence-electron chi connectivity index (χ2n) is 3.80. The van der Waals surface area contributed by atoms with Crippen molar-refractivity contribution in [1.82, 2.24) is 10.1 Å². The fraction of sp³-hybridized carbons (Fsp3) is 0.273. The van der Waals surface area contributed by atoms with Crippen molar-refractivity contribution >= 4 is 5.69 Å². The molecule has 1 aromatic heterocycles. The van der Waals surface area contributed by atoms with Crippen molar-refractivity contribution in [3.63, 3.8) is 0 Å². The van der Waals surface area contributed by atoms with Gasteiger partial charge in [-0.05, 0) is 18.6 Å². The predicted octanol–water partition coefficient (Wildman–Crippen LogP) is 2.23. The van der Waals surface area contributed by atoms with E-state index in [2.05, 4.69) is 10.1 Å². The Morgan fingerprint density at radius 1 is 1.58 bits per heavy atom. The summed E-state index contributed by atoms with van der Waals surface area (Å²) in [5, 5.41) is 23.9. The molecule has 0 fully saturated rings. The van der Waals surface area contributed by atoms with Gasteiger partial charge in [-0.3, -0.25) is 10.1 Å². The molecule has 0 aliphatic carbocycles. The summed E-state index contributed by atoms with van der Waals surface area (Å²) in [6.07, 6.45) is -0.561. The number of nitro groups is 1. The number of aliphatic hydroxyl groups is 1. The molecule has 2 rings (SSSR count). The number of benzene rings is 1. The van der Waals surface area contributed by atoms with Crippen LogP contribution in [-0.4, -0.2) is 20.2 Å². The number of rotatable bonds is 4. The summed E-state index contributed by atoms with van der Waals surface area (Å²) in [6.45, 7) is 1.71. The van der Waals surface area contributed by atoms with E-state index >= 15 is 0 Å². The summed E-state index contributed by atoms with van der Waals surface area (Å²) in [5.74, 6) is -0.846. The third-order valence-corrected chi connectivity index (χ3v) is 2.51. The third-order valence-electron chi connectivity index (χ3n) is 2.51. The molecular weight excluding hydrogens is 257 g/mol. The van der Waals surface area contributed by atoms with Gasteiger partial charge in [0.2, 0.25) is 5.82 Å². The zero-order valence-electron chi connectivity index (χ0n) is 9.91. The smallest absolute Gasteiger partial charge is 0.282 e. The highest BCUT2D eigenvalue weighted by atomic mass is 19.1. The Balaban J connectivity index is 2.49. The molecule has 2 aromatic rings. The molecule has 0 saturated heterocycles. The van der Waals surface area contributed by atoms with Crippen molar-refractivity contribution in [2.24, 2.45) is 0 Å². The maximum atomic E-state index is 13.2. The molecule has 1 unspecified atom stereocenters. The van der Waals surface area contributed by atoms with Gasteiger partial charge < -0.3 is 9.63 Å². The summed E-state index contributed by atoms with van der Waals surface area (Å²) >= 11 is 0. The van der Waals surface area contributed by atoms with Gasteiger partial charge in [0.05, 0.1) is 4.92 Å². The first-order valence-corrected chi connectivity index (χ1v) is 5.49. The zero-order valence-corrected chi connectivity index (χ0v) is 9.91. The van der Waals surface area contributed by atoms with Gasteiger partial charge >= 0.3 is 0 Å². The molecule has 1 N–H and O–H groups in total. The standard InChI is InChI=1S/C11H10FN3O4/c1-2-9(16)10-13-11(19-14-10)7-5-6(12)3-4-8(7)15(17)18/h3-5,9,16H,2H2,1H3. The van der Waals surface area contributed by atoms with Crippen LogP contribution in [0.1, 0.15) is 25.3 Å². The second kappa shape index (κ2) is 5.11. The molecule has 1 heterocycles. The van der Waals surface area contributed by atoms with Gasteiger partial charge in [0, 0.05) is 6.07 Å². The first kappa shape index (κ1) is 13.1. The normalized spacial score (nSPS) is 12.4. The minimum Gasteiger partial charge on any atom is -0.385 e.